The largest absolute Gasteiger partial charge is 0.496 e. The van der Waals surface area contributed by atoms with Gasteiger partial charge in [0.2, 0.25) is 5.95 Å². The third-order valence-corrected chi connectivity index (χ3v) is 2.29. The fourth-order valence-electron chi connectivity index (χ4n) is 1.57. The Labute approximate surface area is 92.8 Å². The highest BCUT2D eigenvalue weighted by atomic mass is 16.5. The van der Waals surface area contributed by atoms with Crippen molar-refractivity contribution in [1.29, 1.82) is 0 Å². The van der Waals surface area contributed by atoms with E-state index in [1.807, 2.05) is 12.1 Å². The quantitative estimate of drug-likeness (QED) is 0.793. The minimum absolute atomic E-state index is 0.147. The highest BCUT2D eigenvalue weighted by Crippen LogP contribution is 2.30. The summed E-state index contributed by atoms with van der Waals surface area (Å²) in [7, 11) is 1.57. The zero-order chi connectivity index (χ0) is 11.7. The van der Waals surface area contributed by atoms with Gasteiger partial charge in [-0.05, 0) is 17.7 Å². The summed E-state index contributed by atoms with van der Waals surface area (Å²) in [4.78, 5) is 8.02. The van der Waals surface area contributed by atoms with E-state index in [0.29, 0.717) is 22.5 Å². The molecule has 0 aliphatic heterocycles. The van der Waals surface area contributed by atoms with Crippen molar-refractivity contribution in [1.82, 2.24) is 9.97 Å². The average molecular weight is 216 g/mol. The molecule has 5 nitrogen and oxygen atoms in total. The first-order valence-corrected chi connectivity index (χ1v) is 4.69. The van der Waals surface area contributed by atoms with Crippen LogP contribution in [0.5, 0.6) is 5.75 Å². The Hall–Kier alpha value is -2.30. The topological polar surface area (TPSA) is 87.0 Å². The van der Waals surface area contributed by atoms with E-state index >= 15 is 0 Å². The monoisotopic (exact) mass is 216 g/mol. The Morgan fingerprint density at radius 1 is 1.31 bits per heavy atom. The number of aromatic nitrogens is 2. The van der Waals surface area contributed by atoms with Gasteiger partial charge in [0.1, 0.15) is 11.6 Å². The van der Waals surface area contributed by atoms with Gasteiger partial charge in [-0.25, -0.2) is 4.98 Å². The molecular formula is C11H12N4O. The molecule has 0 fully saturated rings. The van der Waals surface area contributed by atoms with E-state index < -0.39 is 0 Å². The first-order chi connectivity index (χ1) is 7.65. The predicted molar refractivity (Wildman–Crippen MR) is 65.0 cm³/mol. The molecule has 0 spiro atoms. The maximum Gasteiger partial charge on any atom is 0.222 e. The molecule has 82 valence electrons. The fourth-order valence-corrected chi connectivity index (χ4v) is 1.57. The smallest absolute Gasteiger partial charge is 0.222 e. The van der Waals surface area contributed by atoms with Gasteiger partial charge in [0.15, 0.2) is 0 Å². The van der Waals surface area contributed by atoms with E-state index in [2.05, 4.69) is 16.5 Å². The van der Waals surface area contributed by atoms with E-state index in [1.165, 1.54) is 0 Å². The van der Waals surface area contributed by atoms with Crippen LogP contribution in [0, 0.1) is 0 Å². The lowest BCUT2D eigenvalue weighted by Crippen LogP contribution is -2.02. The van der Waals surface area contributed by atoms with Gasteiger partial charge in [-0.1, -0.05) is 12.7 Å². The van der Waals surface area contributed by atoms with Crippen molar-refractivity contribution in [3.8, 4) is 5.75 Å². The highest BCUT2D eigenvalue weighted by Gasteiger charge is 2.10. The summed E-state index contributed by atoms with van der Waals surface area (Å²) in [5, 5.41) is 0.669. The molecule has 0 saturated heterocycles. The number of nitrogen functional groups attached to an aromatic ring is 2. The van der Waals surface area contributed by atoms with Crippen LogP contribution >= 0.6 is 0 Å². The molecule has 1 aromatic heterocycles. The van der Waals surface area contributed by atoms with Gasteiger partial charge in [-0.2, -0.15) is 4.98 Å². The van der Waals surface area contributed by atoms with E-state index in [-0.39, 0.29) is 5.95 Å². The molecule has 0 unspecified atom stereocenters. The van der Waals surface area contributed by atoms with Crippen LogP contribution in [0.3, 0.4) is 0 Å². The standard InChI is InChI=1S/C11H12N4O/c1-3-6-4-7-9(8(5-6)16-2)10(12)15-11(13)14-7/h3-5H,1H2,2H3,(H4,12,13,14,15). The summed E-state index contributed by atoms with van der Waals surface area (Å²) in [5.74, 6) is 1.08. The Morgan fingerprint density at radius 3 is 2.69 bits per heavy atom. The molecule has 4 N–H and O–H groups in total. The summed E-state index contributed by atoms with van der Waals surface area (Å²) in [6, 6.07) is 3.66. The summed E-state index contributed by atoms with van der Waals surface area (Å²) in [6.07, 6.45) is 1.70. The number of fused-ring (bicyclic) bond motifs is 1. The third kappa shape index (κ3) is 1.52. The van der Waals surface area contributed by atoms with Gasteiger partial charge in [0.25, 0.3) is 0 Å². The van der Waals surface area contributed by atoms with Crippen LogP contribution in [0.4, 0.5) is 11.8 Å². The molecule has 0 bridgehead atoms. The molecule has 0 aliphatic carbocycles. The third-order valence-electron chi connectivity index (χ3n) is 2.29. The minimum Gasteiger partial charge on any atom is -0.496 e. The number of nitrogens with two attached hydrogens (primary N) is 2. The van der Waals surface area contributed by atoms with Crippen molar-refractivity contribution in [3.63, 3.8) is 0 Å². The molecule has 0 aliphatic rings. The van der Waals surface area contributed by atoms with Crippen LogP contribution < -0.4 is 16.2 Å². The van der Waals surface area contributed by atoms with Crippen LogP contribution in [-0.4, -0.2) is 17.1 Å². The van der Waals surface area contributed by atoms with Crippen molar-refractivity contribution in [2.75, 3.05) is 18.6 Å². The summed E-state index contributed by atoms with van der Waals surface area (Å²) < 4.78 is 5.24. The second-order valence-corrected chi connectivity index (χ2v) is 3.29. The maximum atomic E-state index is 5.79. The Kier molecular flexibility index (Phi) is 2.36. The number of methoxy groups -OCH3 is 1. The predicted octanol–water partition coefficient (Wildman–Crippen LogP) is 1.45. The molecular weight excluding hydrogens is 204 g/mol. The van der Waals surface area contributed by atoms with Crippen molar-refractivity contribution in [2.24, 2.45) is 0 Å². The number of ether oxygens (including phenoxy) is 1. The molecule has 1 heterocycles. The second-order valence-electron chi connectivity index (χ2n) is 3.29. The van der Waals surface area contributed by atoms with Crippen LogP contribution in [-0.2, 0) is 0 Å². The van der Waals surface area contributed by atoms with Crippen molar-refractivity contribution in [2.45, 2.75) is 0 Å². The van der Waals surface area contributed by atoms with Gasteiger partial charge in [0, 0.05) is 0 Å². The molecule has 5 heteroatoms. The number of rotatable bonds is 2. The zero-order valence-electron chi connectivity index (χ0n) is 8.90. The van der Waals surface area contributed by atoms with Gasteiger partial charge in [-0.15, -0.1) is 0 Å². The van der Waals surface area contributed by atoms with Gasteiger partial charge in [-0.3, -0.25) is 0 Å². The molecule has 0 saturated carbocycles. The second kappa shape index (κ2) is 3.69. The normalized spacial score (nSPS) is 10.3. The average Bonchev–Trinajstić information content (AvgIpc) is 2.26. The van der Waals surface area contributed by atoms with E-state index in [9.17, 15) is 0 Å². The zero-order valence-corrected chi connectivity index (χ0v) is 8.90. The van der Waals surface area contributed by atoms with Gasteiger partial charge < -0.3 is 16.2 Å². The van der Waals surface area contributed by atoms with Crippen LogP contribution in [0.15, 0.2) is 18.7 Å². The van der Waals surface area contributed by atoms with E-state index in [1.54, 1.807) is 13.2 Å². The summed E-state index contributed by atoms with van der Waals surface area (Å²) in [6.45, 7) is 3.70. The van der Waals surface area contributed by atoms with Gasteiger partial charge in [0.05, 0.1) is 18.0 Å². The summed E-state index contributed by atoms with van der Waals surface area (Å²) in [5.41, 5.74) is 12.9. The molecule has 2 aromatic rings. The van der Waals surface area contributed by atoms with Crippen LogP contribution in [0.25, 0.3) is 17.0 Å². The molecule has 0 radical (unpaired) electrons. The molecule has 0 atom stereocenters. The lowest BCUT2D eigenvalue weighted by molar-refractivity contribution is 0.419. The summed E-state index contributed by atoms with van der Waals surface area (Å²) >= 11 is 0. The van der Waals surface area contributed by atoms with Crippen LogP contribution in [0.1, 0.15) is 5.56 Å². The molecule has 1 aromatic carbocycles. The van der Waals surface area contributed by atoms with Crippen LogP contribution in [0.2, 0.25) is 0 Å². The maximum absolute atomic E-state index is 5.79. The number of hydrogen-bond acceptors (Lipinski definition) is 5. The SMILES string of the molecule is C=Cc1cc(OC)c2c(N)nc(N)nc2c1. The first kappa shape index (κ1) is 10.2. The lowest BCUT2D eigenvalue weighted by Gasteiger charge is -2.08. The highest BCUT2D eigenvalue weighted by molar-refractivity contribution is 5.95. The Morgan fingerprint density at radius 2 is 2.06 bits per heavy atom. The van der Waals surface area contributed by atoms with E-state index in [4.69, 9.17) is 16.2 Å². The Bertz CT molecular complexity index is 565. The lowest BCUT2D eigenvalue weighted by atomic mass is 10.1. The number of benzene rings is 1. The Balaban J connectivity index is 2.89. The number of nitrogens with zero attached hydrogens (tertiary/aromatic N) is 2. The molecule has 0 amide bonds. The number of hydrogen-bond donors (Lipinski definition) is 2. The van der Waals surface area contributed by atoms with Gasteiger partial charge >= 0.3 is 0 Å². The van der Waals surface area contributed by atoms with E-state index in [0.717, 1.165) is 5.56 Å². The fraction of sp³-hybridized carbons (Fsp3) is 0.0909. The van der Waals surface area contributed by atoms with Crippen molar-refractivity contribution < 1.29 is 4.74 Å². The molecule has 16 heavy (non-hydrogen) atoms. The van der Waals surface area contributed by atoms with Crippen molar-refractivity contribution >= 4 is 28.7 Å². The van der Waals surface area contributed by atoms with Crippen molar-refractivity contribution in [3.05, 3.63) is 24.3 Å². The number of anilines is 2. The minimum atomic E-state index is 0.147. The molecule has 2 rings (SSSR count). The first-order valence-electron chi connectivity index (χ1n) is 4.69.